The van der Waals surface area contributed by atoms with Gasteiger partial charge >= 0.3 is 5.97 Å². The highest BCUT2D eigenvalue weighted by atomic mass is 32.2. The Morgan fingerprint density at radius 2 is 1.94 bits per heavy atom. The molecule has 0 radical (unpaired) electrons. The number of benzene rings is 1. The molecule has 2 aliphatic rings. The van der Waals surface area contributed by atoms with Gasteiger partial charge in [-0.3, -0.25) is 9.59 Å². The molecular formula is C22H28N2O6S. The second kappa shape index (κ2) is 9.00. The number of hydrogen-bond acceptors (Lipinski definition) is 5. The van der Waals surface area contributed by atoms with E-state index in [9.17, 15) is 18.0 Å². The standard InChI is InChI=1S/C22H28N2O6S/c1-2-23(13-21(25)26)22(27)16-4-6-20-18(12-16)17-11-15(14-7-9-30-10-8-14)3-5-19(17)24(20)31(28)29/h4,6,12,14-15,31H,2-3,5,7-11,13H2,1H3,(H,25,26). The summed E-state index contributed by atoms with van der Waals surface area (Å²) in [6.45, 7) is 3.19. The number of carboxylic acid groups (broad SMARTS) is 1. The van der Waals surface area contributed by atoms with Gasteiger partial charge in [-0.25, -0.2) is 12.4 Å². The van der Waals surface area contributed by atoms with Crippen LogP contribution in [0.3, 0.4) is 0 Å². The van der Waals surface area contributed by atoms with Gasteiger partial charge in [0.15, 0.2) is 0 Å². The predicted molar refractivity (Wildman–Crippen MR) is 116 cm³/mol. The zero-order valence-electron chi connectivity index (χ0n) is 17.6. The smallest absolute Gasteiger partial charge is 0.323 e. The minimum Gasteiger partial charge on any atom is -0.480 e. The number of amides is 1. The van der Waals surface area contributed by atoms with Crippen LogP contribution in [0.5, 0.6) is 0 Å². The molecule has 0 saturated carbocycles. The zero-order chi connectivity index (χ0) is 22.1. The van der Waals surface area contributed by atoms with Gasteiger partial charge in [0.05, 0.1) is 5.52 Å². The van der Waals surface area contributed by atoms with E-state index < -0.39 is 16.9 Å². The molecule has 8 nitrogen and oxygen atoms in total. The maximum Gasteiger partial charge on any atom is 0.323 e. The molecule has 2 heterocycles. The van der Waals surface area contributed by atoms with Crippen molar-refractivity contribution < 1.29 is 27.9 Å². The van der Waals surface area contributed by atoms with Crippen molar-refractivity contribution in [2.75, 3.05) is 26.3 Å². The molecule has 0 spiro atoms. The molecule has 1 aromatic carbocycles. The van der Waals surface area contributed by atoms with Crippen molar-refractivity contribution in [1.29, 1.82) is 0 Å². The highest BCUT2D eigenvalue weighted by molar-refractivity contribution is 7.71. The summed E-state index contributed by atoms with van der Waals surface area (Å²) in [4.78, 5) is 25.3. The van der Waals surface area contributed by atoms with E-state index in [1.807, 2.05) is 0 Å². The quantitative estimate of drug-likeness (QED) is 0.656. The van der Waals surface area contributed by atoms with Crippen molar-refractivity contribution in [2.45, 2.75) is 39.0 Å². The predicted octanol–water partition coefficient (Wildman–Crippen LogP) is 2.09. The van der Waals surface area contributed by atoms with Crippen LogP contribution in [0.25, 0.3) is 10.9 Å². The topological polar surface area (TPSA) is 106 Å². The molecule has 1 fully saturated rings. The summed E-state index contributed by atoms with van der Waals surface area (Å²) in [5.41, 5.74) is 2.79. The Morgan fingerprint density at radius 1 is 1.19 bits per heavy atom. The van der Waals surface area contributed by atoms with E-state index >= 15 is 0 Å². The van der Waals surface area contributed by atoms with Crippen molar-refractivity contribution in [2.24, 2.45) is 11.8 Å². The first-order valence-corrected chi connectivity index (χ1v) is 11.9. The molecule has 0 bridgehead atoms. The van der Waals surface area contributed by atoms with Crippen molar-refractivity contribution in [3.8, 4) is 0 Å². The first-order valence-electron chi connectivity index (χ1n) is 10.8. The highest BCUT2D eigenvalue weighted by Crippen LogP contribution is 2.39. The van der Waals surface area contributed by atoms with E-state index in [0.29, 0.717) is 29.3 Å². The monoisotopic (exact) mass is 448 g/mol. The molecule has 4 rings (SSSR count). The van der Waals surface area contributed by atoms with Gasteiger partial charge < -0.3 is 14.7 Å². The zero-order valence-corrected chi connectivity index (χ0v) is 18.5. The lowest BCUT2D eigenvalue weighted by Gasteiger charge is -2.33. The molecule has 9 heteroatoms. The maximum absolute atomic E-state index is 12.9. The van der Waals surface area contributed by atoms with Crippen LogP contribution in [0.2, 0.25) is 0 Å². The van der Waals surface area contributed by atoms with Gasteiger partial charge in [-0.1, -0.05) is 0 Å². The molecule has 1 atom stereocenters. The third-order valence-electron chi connectivity index (χ3n) is 6.71. The number of aliphatic carboxylic acids is 1. The second-order valence-electron chi connectivity index (χ2n) is 8.37. The number of thiol groups is 1. The van der Waals surface area contributed by atoms with Crippen LogP contribution in [0.15, 0.2) is 18.2 Å². The van der Waals surface area contributed by atoms with Crippen LogP contribution in [-0.4, -0.2) is 60.6 Å². The molecule has 168 valence electrons. The van der Waals surface area contributed by atoms with E-state index in [1.54, 1.807) is 25.1 Å². The van der Waals surface area contributed by atoms with Crippen LogP contribution < -0.4 is 0 Å². The second-order valence-corrected chi connectivity index (χ2v) is 9.25. The minimum absolute atomic E-state index is 0.278. The van der Waals surface area contributed by atoms with Gasteiger partial charge in [0.2, 0.25) is 10.9 Å². The molecule has 1 aliphatic heterocycles. The van der Waals surface area contributed by atoms with Gasteiger partial charge in [-0.05, 0) is 74.6 Å². The number of hydrogen-bond donors (Lipinski definition) is 2. The van der Waals surface area contributed by atoms with Crippen LogP contribution in [0.4, 0.5) is 0 Å². The number of likely N-dealkylation sites (N-methyl/N-ethyl adjacent to an activating group) is 1. The fourth-order valence-electron chi connectivity index (χ4n) is 5.14. The average molecular weight is 449 g/mol. The molecule has 31 heavy (non-hydrogen) atoms. The van der Waals surface area contributed by atoms with Crippen molar-refractivity contribution in [3.63, 3.8) is 0 Å². The summed E-state index contributed by atoms with van der Waals surface area (Å²) in [7, 11) is -2.83. The molecule has 1 aliphatic carbocycles. The molecule has 2 aromatic rings. The third kappa shape index (κ3) is 4.21. The van der Waals surface area contributed by atoms with Crippen molar-refractivity contribution >= 4 is 33.7 Å². The summed E-state index contributed by atoms with van der Waals surface area (Å²) < 4.78 is 31.0. The SMILES string of the molecule is CCN(CC(=O)O)C(=O)c1ccc2c(c1)c1c(n2[SH](=O)=O)CCC(C2CCOCC2)C1. The Morgan fingerprint density at radius 3 is 2.58 bits per heavy atom. The highest BCUT2D eigenvalue weighted by Gasteiger charge is 2.32. The third-order valence-corrected chi connectivity index (χ3v) is 7.49. The van der Waals surface area contributed by atoms with E-state index in [2.05, 4.69) is 0 Å². The van der Waals surface area contributed by atoms with Gasteiger partial charge in [0.25, 0.3) is 5.91 Å². The summed E-state index contributed by atoms with van der Waals surface area (Å²) in [5, 5.41) is 9.87. The molecule has 1 N–H and O–H groups in total. The number of rotatable bonds is 6. The lowest BCUT2D eigenvalue weighted by atomic mass is 9.75. The Kier molecular flexibility index (Phi) is 6.34. The van der Waals surface area contributed by atoms with Crippen molar-refractivity contribution in [1.82, 2.24) is 8.87 Å². The number of fused-ring (bicyclic) bond motifs is 3. The van der Waals surface area contributed by atoms with Crippen molar-refractivity contribution in [3.05, 3.63) is 35.0 Å². The first kappa shape index (κ1) is 21.8. The fraction of sp³-hybridized carbons (Fsp3) is 0.545. The fourth-order valence-corrected chi connectivity index (χ4v) is 5.91. The molecule has 1 aromatic heterocycles. The van der Waals surface area contributed by atoms with Gasteiger partial charge in [0.1, 0.15) is 6.54 Å². The Hall–Kier alpha value is -2.39. The summed E-state index contributed by atoms with van der Waals surface area (Å²) in [5.74, 6) is -0.394. The van der Waals surface area contributed by atoms with E-state index in [0.717, 1.165) is 55.5 Å². The van der Waals surface area contributed by atoms with E-state index in [4.69, 9.17) is 9.84 Å². The molecular weight excluding hydrogens is 420 g/mol. The lowest BCUT2D eigenvalue weighted by Crippen LogP contribution is -2.35. The Balaban J connectivity index is 1.74. The largest absolute Gasteiger partial charge is 0.480 e. The Bertz CT molecular complexity index is 1080. The van der Waals surface area contributed by atoms with Crippen LogP contribution >= 0.6 is 0 Å². The van der Waals surface area contributed by atoms with Gasteiger partial charge in [-0.2, -0.15) is 0 Å². The molecule has 1 saturated heterocycles. The summed E-state index contributed by atoms with van der Waals surface area (Å²) >= 11 is 0. The number of ether oxygens (including phenoxy) is 1. The minimum atomic E-state index is -2.83. The van der Waals surface area contributed by atoms with E-state index in [1.165, 1.54) is 8.87 Å². The number of carbonyl (C=O) groups is 2. The lowest BCUT2D eigenvalue weighted by molar-refractivity contribution is -0.137. The number of aromatic nitrogens is 1. The first-order chi connectivity index (χ1) is 14.9. The summed E-state index contributed by atoms with van der Waals surface area (Å²) in [6.07, 6.45) is 4.48. The maximum atomic E-state index is 12.9. The molecule has 1 amide bonds. The van der Waals surface area contributed by atoms with Crippen LogP contribution in [0, 0.1) is 11.8 Å². The Labute approximate surface area is 182 Å². The average Bonchev–Trinajstić information content (AvgIpc) is 3.10. The van der Waals surface area contributed by atoms with Gasteiger partial charge in [0, 0.05) is 36.4 Å². The molecule has 1 unspecified atom stereocenters. The van der Waals surface area contributed by atoms with E-state index in [-0.39, 0.29) is 19.0 Å². The number of nitrogens with zero attached hydrogens (tertiary/aromatic N) is 2. The normalized spacial score (nSPS) is 19.5. The van der Waals surface area contributed by atoms with Crippen LogP contribution in [-0.2, 0) is 33.3 Å². The van der Waals surface area contributed by atoms with Crippen LogP contribution in [0.1, 0.15) is 47.8 Å². The summed E-state index contributed by atoms with van der Waals surface area (Å²) in [6, 6.07) is 5.00. The van der Waals surface area contributed by atoms with Gasteiger partial charge in [-0.15, -0.1) is 0 Å². The number of carbonyl (C=O) groups excluding carboxylic acids is 1. The number of carboxylic acids is 1.